The molecule has 1 fully saturated rings. The molecule has 0 saturated heterocycles. The van der Waals surface area contributed by atoms with Gasteiger partial charge >= 0.3 is 5.97 Å². The molecule has 0 aromatic heterocycles. The van der Waals surface area contributed by atoms with Gasteiger partial charge in [-0.3, -0.25) is 14.9 Å². The van der Waals surface area contributed by atoms with Crippen molar-refractivity contribution in [1.29, 1.82) is 0 Å². The van der Waals surface area contributed by atoms with Gasteiger partial charge in [0.1, 0.15) is 6.04 Å². The molecular formula is C27H35N3O3. The highest BCUT2D eigenvalue weighted by Crippen LogP contribution is 2.30. The normalized spacial score (nSPS) is 22.1. The van der Waals surface area contributed by atoms with Crippen LogP contribution in [0.2, 0.25) is 0 Å². The van der Waals surface area contributed by atoms with Gasteiger partial charge in [0.05, 0.1) is 6.04 Å². The number of nitrogen functional groups attached to an aromatic ring is 1. The average molecular weight is 450 g/mol. The molecule has 1 aliphatic heterocycles. The van der Waals surface area contributed by atoms with Gasteiger partial charge in [-0.15, -0.1) is 0 Å². The molecule has 0 spiro atoms. The SMILES string of the molecule is Nc1ccc(CC2Cc3ccccc3NC(=O)[C@@H]2N[C@@H](CCC2CCCCC2)C(=O)O)cc1. The van der Waals surface area contributed by atoms with Gasteiger partial charge in [-0.05, 0) is 66.8 Å². The monoisotopic (exact) mass is 449 g/mol. The highest BCUT2D eigenvalue weighted by Gasteiger charge is 2.35. The highest BCUT2D eigenvalue weighted by molar-refractivity contribution is 5.97. The molecule has 0 radical (unpaired) electrons. The van der Waals surface area contributed by atoms with Crippen molar-refractivity contribution in [2.75, 3.05) is 11.1 Å². The first-order chi connectivity index (χ1) is 16.0. The number of carbonyl (C=O) groups excluding carboxylic acids is 1. The molecule has 176 valence electrons. The Morgan fingerprint density at radius 3 is 2.55 bits per heavy atom. The van der Waals surface area contributed by atoms with Crippen molar-refractivity contribution >= 4 is 23.3 Å². The molecule has 1 amide bonds. The van der Waals surface area contributed by atoms with Gasteiger partial charge in [-0.1, -0.05) is 62.4 Å². The maximum atomic E-state index is 13.3. The van der Waals surface area contributed by atoms with Crippen LogP contribution in [0.4, 0.5) is 11.4 Å². The lowest BCUT2D eigenvalue weighted by atomic mass is 9.84. The van der Waals surface area contributed by atoms with Crippen molar-refractivity contribution in [2.45, 2.75) is 69.9 Å². The number of benzene rings is 2. The van der Waals surface area contributed by atoms with Crippen molar-refractivity contribution in [2.24, 2.45) is 11.8 Å². The van der Waals surface area contributed by atoms with Gasteiger partial charge in [0, 0.05) is 11.4 Å². The molecule has 2 aliphatic rings. The predicted octanol–water partition coefficient (Wildman–Crippen LogP) is 4.39. The van der Waals surface area contributed by atoms with Crippen LogP contribution in [-0.2, 0) is 22.4 Å². The summed E-state index contributed by atoms with van der Waals surface area (Å²) in [5.74, 6) is -0.523. The van der Waals surface area contributed by atoms with Crippen LogP contribution in [0.15, 0.2) is 48.5 Å². The summed E-state index contributed by atoms with van der Waals surface area (Å²) in [4.78, 5) is 25.5. The van der Waals surface area contributed by atoms with Crippen molar-refractivity contribution in [3.63, 3.8) is 0 Å². The summed E-state index contributed by atoms with van der Waals surface area (Å²) in [5, 5.41) is 16.3. The predicted molar refractivity (Wildman–Crippen MR) is 131 cm³/mol. The number of fused-ring (bicyclic) bond motifs is 1. The minimum Gasteiger partial charge on any atom is -0.480 e. The van der Waals surface area contributed by atoms with E-state index in [0.717, 1.165) is 23.2 Å². The Labute approximate surface area is 196 Å². The number of aliphatic carboxylic acids is 1. The van der Waals surface area contributed by atoms with Crippen molar-refractivity contribution in [3.8, 4) is 0 Å². The number of anilines is 2. The maximum Gasteiger partial charge on any atom is 0.320 e. The molecule has 0 bridgehead atoms. The summed E-state index contributed by atoms with van der Waals surface area (Å²) in [6.07, 6.45) is 8.92. The fourth-order valence-corrected chi connectivity index (χ4v) is 5.38. The van der Waals surface area contributed by atoms with Crippen LogP contribution >= 0.6 is 0 Å². The Kier molecular flexibility index (Phi) is 7.65. The molecule has 5 N–H and O–H groups in total. The number of rotatable bonds is 8. The van der Waals surface area contributed by atoms with Crippen LogP contribution in [0.1, 0.15) is 56.1 Å². The minimum atomic E-state index is -0.883. The summed E-state index contributed by atoms with van der Waals surface area (Å²) in [6, 6.07) is 14.2. The fraction of sp³-hybridized carbons (Fsp3) is 0.481. The van der Waals surface area contributed by atoms with E-state index >= 15 is 0 Å². The molecule has 6 heteroatoms. The van der Waals surface area contributed by atoms with Crippen LogP contribution in [0, 0.1) is 11.8 Å². The number of carboxylic acids is 1. The number of hydrogen-bond donors (Lipinski definition) is 4. The zero-order chi connectivity index (χ0) is 23.2. The lowest BCUT2D eigenvalue weighted by molar-refractivity contribution is -0.140. The third kappa shape index (κ3) is 6.14. The number of carbonyl (C=O) groups is 2. The molecule has 33 heavy (non-hydrogen) atoms. The van der Waals surface area contributed by atoms with Crippen molar-refractivity contribution in [3.05, 3.63) is 59.7 Å². The van der Waals surface area contributed by atoms with E-state index in [4.69, 9.17) is 5.73 Å². The molecule has 1 heterocycles. The minimum absolute atomic E-state index is 0.0752. The number of hydrogen-bond acceptors (Lipinski definition) is 4. The van der Waals surface area contributed by atoms with Crippen LogP contribution in [0.3, 0.4) is 0 Å². The summed E-state index contributed by atoms with van der Waals surface area (Å²) in [6.45, 7) is 0. The van der Waals surface area contributed by atoms with E-state index in [0.29, 0.717) is 30.9 Å². The topological polar surface area (TPSA) is 104 Å². The Hall–Kier alpha value is -2.86. The van der Waals surface area contributed by atoms with E-state index < -0.39 is 18.1 Å². The maximum absolute atomic E-state index is 13.3. The third-order valence-electron chi connectivity index (χ3n) is 7.26. The number of nitrogens with one attached hydrogen (secondary N) is 2. The van der Waals surface area contributed by atoms with Gasteiger partial charge in [-0.2, -0.15) is 0 Å². The lowest BCUT2D eigenvalue weighted by Crippen LogP contribution is -2.52. The zero-order valence-electron chi connectivity index (χ0n) is 19.1. The lowest BCUT2D eigenvalue weighted by Gasteiger charge is -2.29. The Morgan fingerprint density at radius 2 is 1.82 bits per heavy atom. The molecule has 6 nitrogen and oxygen atoms in total. The summed E-state index contributed by atoms with van der Waals surface area (Å²) in [7, 11) is 0. The van der Waals surface area contributed by atoms with Gasteiger partial charge in [0.15, 0.2) is 0 Å². The van der Waals surface area contributed by atoms with E-state index in [2.05, 4.69) is 10.6 Å². The quantitative estimate of drug-likeness (QED) is 0.447. The largest absolute Gasteiger partial charge is 0.480 e. The van der Waals surface area contributed by atoms with Gasteiger partial charge in [-0.25, -0.2) is 0 Å². The molecule has 1 unspecified atom stereocenters. The third-order valence-corrected chi connectivity index (χ3v) is 7.26. The standard InChI is InChI=1S/C27H35N3O3/c28-22-13-10-19(11-14-22)16-21-17-20-8-4-5-9-23(20)30-26(31)25(21)29-24(27(32)33)15-12-18-6-2-1-3-7-18/h4-5,8-11,13-14,18,21,24-25,29H,1-3,6-7,12,15-17,28H2,(H,30,31)(H,32,33)/t21?,24-,25+/m0/s1. The molecule has 3 atom stereocenters. The van der Waals surface area contributed by atoms with E-state index in [1.54, 1.807) is 0 Å². The Balaban J connectivity index is 1.54. The summed E-state index contributed by atoms with van der Waals surface area (Å²) < 4.78 is 0. The molecule has 1 saturated carbocycles. The number of nitrogens with two attached hydrogens (primary N) is 1. The van der Waals surface area contributed by atoms with Gasteiger partial charge in [0.25, 0.3) is 0 Å². The number of para-hydroxylation sites is 1. The Morgan fingerprint density at radius 1 is 1.09 bits per heavy atom. The molecule has 2 aromatic rings. The Bertz CT molecular complexity index is 953. The van der Waals surface area contributed by atoms with Crippen LogP contribution < -0.4 is 16.4 Å². The molecule has 4 rings (SSSR count). The second-order valence-electron chi connectivity index (χ2n) is 9.67. The molecular weight excluding hydrogens is 414 g/mol. The number of amides is 1. The van der Waals surface area contributed by atoms with E-state index in [9.17, 15) is 14.7 Å². The van der Waals surface area contributed by atoms with Crippen molar-refractivity contribution in [1.82, 2.24) is 5.32 Å². The summed E-state index contributed by atoms with van der Waals surface area (Å²) in [5.41, 5.74) is 9.52. The zero-order valence-corrected chi connectivity index (χ0v) is 19.1. The number of carboxylic acid groups (broad SMARTS) is 1. The average Bonchev–Trinajstić information content (AvgIpc) is 2.94. The van der Waals surface area contributed by atoms with Crippen molar-refractivity contribution < 1.29 is 14.7 Å². The van der Waals surface area contributed by atoms with E-state index in [1.165, 1.54) is 32.1 Å². The van der Waals surface area contributed by atoms with E-state index in [1.807, 2.05) is 48.5 Å². The first-order valence-electron chi connectivity index (χ1n) is 12.2. The summed E-state index contributed by atoms with van der Waals surface area (Å²) >= 11 is 0. The molecule has 1 aliphatic carbocycles. The van der Waals surface area contributed by atoms with Gasteiger partial charge in [0.2, 0.25) is 5.91 Å². The van der Waals surface area contributed by atoms with Crippen LogP contribution in [-0.4, -0.2) is 29.1 Å². The molecule has 2 aromatic carbocycles. The second kappa shape index (κ2) is 10.8. The second-order valence-corrected chi connectivity index (χ2v) is 9.67. The van der Waals surface area contributed by atoms with E-state index in [-0.39, 0.29) is 11.8 Å². The van der Waals surface area contributed by atoms with Crippen LogP contribution in [0.5, 0.6) is 0 Å². The first-order valence-corrected chi connectivity index (χ1v) is 12.2. The highest BCUT2D eigenvalue weighted by atomic mass is 16.4. The van der Waals surface area contributed by atoms with Gasteiger partial charge < -0.3 is 16.2 Å². The fourth-order valence-electron chi connectivity index (χ4n) is 5.38. The smallest absolute Gasteiger partial charge is 0.320 e. The first kappa shape index (κ1) is 23.3. The van der Waals surface area contributed by atoms with Crippen LogP contribution in [0.25, 0.3) is 0 Å².